The maximum absolute atomic E-state index is 5.29. The second kappa shape index (κ2) is 4.52. The summed E-state index contributed by atoms with van der Waals surface area (Å²) in [5.41, 5.74) is 3.78. The summed E-state index contributed by atoms with van der Waals surface area (Å²) >= 11 is 0. The fraction of sp³-hybridized carbons (Fsp3) is 0.357. The smallest absolute Gasteiger partial charge is 0.225 e. The first-order valence-corrected chi connectivity index (χ1v) is 5.72. The van der Waals surface area contributed by atoms with Gasteiger partial charge in [-0.25, -0.2) is 4.98 Å². The Balaban J connectivity index is 2.37. The van der Waals surface area contributed by atoms with E-state index < -0.39 is 0 Å². The Morgan fingerprint density at radius 2 is 2.19 bits per heavy atom. The van der Waals surface area contributed by atoms with Crippen molar-refractivity contribution in [3.05, 3.63) is 41.8 Å². The molecule has 1 aromatic carbocycles. The number of rotatable bonds is 3. The third-order valence-electron chi connectivity index (χ3n) is 3.09. The molecule has 0 spiro atoms. The van der Waals surface area contributed by atoms with Crippen LogP contribution in [-0.4, -0.2) is 4.98 Å². The van der Waals surface area contributed by atoms with Crippen LogP contribution in [0.15, 0.2) is 35.1 Å². The first-order chi connectivity index (χ1) is 7.72. The summed E-state index contributed by atoms with van der Waals surface area (Å²) in [6.07, 6.45) is 4.44. The zero-order valence-corrected chi connectivity index (χ0v) is 10.0. The minimum atomic E-state index is 0.610. The minimum Gasteiger partial charge on any atom is -0.445 e. The number of hydrogen-bond donors (Lipinski definition) is 0. The van der Waals surface area contributed by atoms with E-state index in [1.807, 2.05) is 0 Å². The fourth-order valence-corrected chi connectivity index (χ4v) is 1.95. The molecule has 1 unspecified atom stereocenters. The van der Waals surface area contributed by atoms with E-state index in [1.165, 1.54) is 17.5 Å². The third-order valence-corrected chi connectivity index (χ3v) is 3.09. The fourth-order valence-electron chi connectivity index (χ4n) is 1.95. The van der Waals surface area contributed by atoms with Gasteiger partial charge in [0.1, 0.15) is 6.26 Å². The zero-order valence-electron chi connectivity index (χ0n) is 10.0. The number of nitrogens with zero attached hydrogens (tertiary/aromatic N) is 1. The van der Waals surface area contributed by atoms with Gasteiger partial charge < -0.3 is 4.42 Å². The van der Waals surface area contributed by atoms with Crippen LogP contribution in [0.5, 0.6) is 0 Å². The molecule has 2 aromatic rings. The van der Waals surface area contributed by atoms with Crippen LogP contribution in [0.2, 0.25) is 0 Å². The summed E-state index contributed by atoms with van der Waals surface area (Å²) < 4.78 is 5.29. The summed E-state index contributed by atoms with van der Waals surface area (Å²) in [7, 11) is 0. The molecule has 0 aliphatic rings. The van der Waals surface area contributed by atoms with Gasteiger partial charge in [-0.3, -0.25) is 0 Å². The van der Waals surface area contributed by atoms with Crippen LogP contribution in [0, 0.1) is 6.92 Å². The molecule has 0 aliphatic carbocycles. The van der Waals surface area contributed by atoms with Crippen molar-refractivity contribution < 1.29 is 4.42 Å². The second-order valence-corrected chi connectivity index (χ2v) is 4.22. The van der Waals surface area contributed by atoms with Crippen molar-refractivity contribution in [2.24, 2.45) is 0 Å². The minimum absolute atomic E-state index is 0.610. The average molecular weight is 215 g/mol. The van der Waals surface area contributed by atoms with Crippen LogP contribution >= 0.6 is 0 Å². The number of aromatic nitrogens is 1. The predicted molar refractivity (Wildman–Crippen MR) is 65.4 cm³/mol. The van der Waals surface area contributed by atoms with E-state index in [2.05, 4.69) is 44.0 Å². The first kappa shape index (κ1) is 10.9. The third kappa shape index (κ3) is 2.01. The summed E-state index contributed by atoms with van der Waals surface area (Å²) in [5.74, 6) is 1.30. The molecule has 0 radical (unpaired) electrons. The largest absolute Gasteiger partial charge is 0.445 e. The van der Waals surface area contributed by atoms with Gasteiger partial charge in [0.2, 0.25) is 5.89 Å². The molecule has 1 atom stereocenters. The Morgan fingerprint density at radius 1 is 1.38 bits per heavy atom. The van der Waals surface area contributed by atoms with E-state index in [9.17, 15) is 0 Å². The van der Waals surface area contributed by atoms with Crippen LogP contribution in [-0.2, 0) is 0 Å². The van der Waals surface area contributed by atoms with Crippen molar-refractivity contribution >= 4 is 0 Å². The van der Waals surface area contributed by atoms with Crippen LogP contribution < -0.4 is 0 Å². The highest BCUT2D eigenvalue weighted by molar-refractivity contribution is 5.55. The summed E-state index contributed by atoms with van der Waals surface area (Å²) in [6, 6.07) is 6.41. The van der Waals surface area contributed by atoms with Gasteiger partial charge in [0.25, 0.3) is 0 Å². The van der Waals surface area contributed by atoms with Crippen molar-refractivity contribution in [1.82, 2.24) is 4.98 Å². The van der Waals surface area contributed by atoms with Crippen LogP contribution in [0.25, 0.3) is 11.5 Å². The SMILES string of the molecule is CCC(C)c1ccc(-c2ncco2)cc1C. The van der Waals surface area contributed by atoms with E-state index >= 15 is 0 Å². The monoisotopic (exact) mass is 215 g/mol. The molecule has 0 aliphatic heterocycles. The number of benzene rings is 1. The van der Waals surface area contributed by atoms with Gasteiger partial charge in [-0.1, -0.05) is 19.9 Å². The quantitative estimate of drug-likeness (QED) is 0.768. The molecule has 0 amide bonds. The molecule has 16 heavy (non-hydrogen) atoms. The highest BCUT2D eigenvalue weighted by Gasteiger charge is 2.09. The molecule has 0 N–H and O–H groups in total. The highest BCUT2D eigenvalue weighted by Crippen LogP contribution is 2.26. The molecule has 84 valence electrons. The summed E-state index contributed by atoms with van der Waals surface area (Å²) in [6.45, 7) is 6.62. The zero-order chi connectivity index (χ0) is 11.5. The van der Waals surface area contributed by atoms with Crippen molar-refractivity contribution in [2.45, 2.75) is 33.1 Å². The van der Waals surface area contributed by atoms with Crippen LogP contribution in [0.3, 0.4) is 0 Å². The Hall–Kier alpha value is -1.57. The van der Waals surface area contributed by atoms with E-state index in [0.29, 0.717) is 11.8 Å². The lowest BCUT2D eigenvalue weighted by atomic mass is 9.93. The molecule has 1 aromatic heterocycles. The molecule has 0 fully saturated rings. The van der Waals surface area contributed by atoms with E-state index in [-0.39, 0.29) is 0 Å². The van der Waals surface area contributed by atoms with Gasteiger partial charge in [0.15, 0.2) is 0 Å². The van der Waals surface area contributed by atoms with Gasteiger partial charge in [-0.2, -0.15) is 0 Å². The Bertz CT molecular complexity index is 460. The lowest BCUT2D eigenvalue weighted by Gasteiger charge is -2.12. The van der Waals surface area contributed by atoms with Gasteiger partial charge >= 0.3 is 0 Å². The lowest BCUT2D eigenvalue weighted by molar-refractivity contribution is 0.574. The molecule has 0 saturated heterocycles. The summed E-state index contributed by atoms with van der Waals surface area (Å²) in [4.78, 5) is 4.16. The average Bonchev–Trinajstić information content (AvgIpc) is 2.81. The molecule has 0 bridgehead atoms. The molecule has 2 heteroatoms. The Morgan fingerprint density at radius 3 is 2.75 bits per heavy atom. The lowest BCUT2D eigenvalue weighted by Crippen LogP contribution is -1.95. The van der Waals surface area contributed by atoms with Gasteiger partial charge in [0, 0.05) is 5.56 Å². The predicted octanol–water partition coefficient (Wildman–Crippen LogP) is 4.16. The topological polar surface area (TPSA) is 26.0 Å². The molecular weight excluding hydrogens is 198 g/mol. The van der Waals surface area contributed by atoms with Gasteiger partial charge in [-0.15, -0.1) is 0 Å². The first-order valence-electron chi connectivity index (χ1n) is 5.72. The molecule has 2 nitrogen and oxygen atoms in total. The normalized spacial score (nSPS) is 12.7. The van der Waals surface area contributed by atoms with Gasteiger partial charge in [0.05, 0.1) is 6.20 Å². The second-order valence-electron chi connectivity index (χ2n) is 4.22. The standard InChI is InChI=1S/C14H17NO/c1-4-10(2)13-6-5-12(9-11(13)3)14-15-7-8-16-14/h5-10H,4H2,1-3H3. The van der Waals surface area contributed by atoms with E-state index in [0.717, 1.165) is 5.56 Å². The number of aryl methyl sites for hydroxylation is 1. The molecular formula is C14H17NO. The van der Waals surface area contributed by atoms with E-state index in [1.54, 1.807) is 12.5 Å². The highest BCUT2D eigenvalue weighted by atomic mass is 16.3. The molecule has 0 saturated carbocycles. The number of hydrogen-bond acceptors (Lipinski definition) is 2. The maximum Gasteiger partial charge on any atom is 0.225 e. The summed E-state index contributed by atoms with van der Waals surface area (Å²) in [5, 5.41) is 0. The van der Waals surface area contributed by atoms with Crippen molar-refractivity contribution in [2.75, 3.05) is 0 Å². The molecule has 2 rings (SSSR count). The van der Waals surface area contributed by atoms with E-state index in [4.69, 9.17) is 4.42 Å². The molecule has 1 heterocycles. The maximum atomic E-state index is 5.29. The Labute approximate surface area is 96.3 Å². The van der Waals surface area contributed by atoms with Crippen LogP contribution in [0.4, 0.5) is 0 Å². The Kier molecular flexibility index (Phi) is 3.09. The van der Waals surface area contributed by atoms with Crippen molar-refractivity contribution in [3.8, 4) is 11.5 Å². The van der Waals surface area contributed by atoms with Crippen LogP contribution in [0.1, 0.15) is 37.3 Å². The van der Waals surface area contributed by atoms with Crippen molar-refractivity contribution in [3.63, 3.8) is 0 Å². The number of oxazole rings is 1. The van der Waals surface area contributed by atoms with Gasteiger partial charge in [-0.05, 0) is 42.5 Å². The van der Waals surface area contributed by atoms with Crippen molar-refractivity contribution in [1.29, 1.82) is 0 Å².